The Kier molecular flexibility index (Phi) is 5.13. The zero-order valence-corrected chi connectivity index (χ0v) is 17.2. The van der Waals surface area contributed by atoms with Crippen molar-refractivity contribution in [2.45, 2.75) is 44.1 Å². The van der Waals surface area contributed by atoms with Crippen molar-refractivity contribution in [3.05, 3.63) is 71.3 Å². The molecule has 0 bridgehead atoms. The van der Waals surface area contributed by atoms with Gasteiger partial charge in [0.15, 0.2) is 0 Å². The number of benzene rings is 1. The highest BCUT2D eigenvalue weighted by Crippen LogP contribution is 2.47. The molecule has 146 valence electrons. The lowest BCUT2D eigenvalue weighted by molar-refractivity contribution is -0.0821. The quantitative estimate of drug-likeness (QED) is 0.630. The van der Waals surface area contributed by atoms with E-state index in [1.54, 1.807) is 0 Å². The van der Waals surface area contributed by atoms with Gasteiger partial charge in [-0.1, -0.05) is 48.9 Å². The highest BCUT2D eigenvalue weighted by Gasteiger charge is 2.47. The van der Waals surface area contributed by atoms with E-state index in [4.69, 9.17) is 4.74 Å². The van der Waals surface area contributed by atoms with Crippen LogP contribution < -0.4 is 5.32 Å². The monoisotopic (exact) mass is 391 g/mol. The normalized spacial score (nSPS) is 25.5. The summed E-state index contributed by atoms with van der Waals surface area (Å²) in [7, 11) is 0. The van der Waals surface area contributed by atoms with Crippen LogP contribution in [0.1, 0.15) is 37.7 Å². The lowest BCUT2D eigenvalue weighted by Gasteiger charge is -2.49. The molecule has 2 nitrogen and oxygen atoms in total. The predicted molar refractivity (Wildman–Crippen MR) is 119 cm³/mol. The summed E-state index contributed by atoms with van der Waals surface area (Å²) < 4.78 is 7.88. The van der Waals surface area contributed by atoms with Gasteiger partial charge >= 0.3 is 0 Å². The molecule has 2 atom stereocenters. The summed E-state index contributed by atoms with van der Waals surface area (Å²) in [6, 6.07) is 8.81. The van der Waals surface area contributed by atoms with E-state index >= 15 is 0 Å². The first-order valence-corrected chi connectivity index (χ1v) is 11.6. The summed E-state index contributed by atoms with van der Waals surface area (Å²) in [5.41, 5.74) is 2.92. The minimum atomic E-state index is 0.0318. The van der Waals surface area contributed by atoms with E-state index < -0.39 is 0 Å². The molecule has 1 aromatic heterocycles. The van der Waals surface area contributed by atoms with Crippen LogP contribution in [0, 0.1) is 11.8 Å². The molecule has 2 aromatic rings. The molecular formula is C25H29NOS. The molecule has 1 N–H and O–H groups in total. The number of thiophene rings is 1. The molecule has 3 heterocycles. The van der Waals surface area contributed by atoms with Crippen LogP contribution >= 0.6 is 11.3 Å². The lowest BCUT2D eigenvalue weighted by Crippen LogP contribution is -2.52. The van der Waals surface area contributed by atoms with Gasteiger partial charge in [0.25, 0.3) is 0 Å². The van der Waals surface area contributed by atoms with Gasteiger partial charge in [-0.05, 0) is 73.2 Å². The van der Waals surface area contributed by atoms with Crippen LogP contribution in [0.15, 0.2) is 65.8 Å². The third-order valence-electron chi connectivity index (χ3n) is 6.86. The average Bonchev–Trinajstić information content (AvgIpc) is 3.16. The van der Waals surface area contributed by atoms with Crippen LogP contribution in [0.25, 0.3) is 10.1 Å². The molecule has 1 fully saturated rings. The summed E-state index contributed by atoms with van der Waals surface area (Å²) in [6.07, 6.45) is 18.3. The fourth-order valence-electron chi connectivity index (χ4n) is 5.34. The summed E-state index contributed by atoms with van der Waals surface area (Å²) in [5, 5.41) is 7.33. The number of ether oxygens (including phenoxy) is 1. The number of allylic oxidation sites excluding steroid dienone is 5. The van der Waals surface area contributed by atoms with E-state index in [0.717, 1.165) is 25.9 Å². The summed E-state index contributed by atoms with van der Waals surface area (Å²) >= 11 is 1.88. The molecule has 28 heavy (non-hydrogen) atoms. The second kappa shape index (κ2) is 7.88. The third kappa shape index (κ3) is 3.35. The molecule has 0 saturated carbocycles. The zero-order valence-electron chi connectivity index (χ0n) is 16.4. The molecule has 3 aliphatic rings. The molecule has 3 heteroatoms. The van der Waals surface area contributed by atoms with Gasteiger partial charge in [0.05, 0.1) is 6.26 Å². The summed E-state index contributed by atoms with van der Waals surface area (Å²) in [4.78, 5) is 0. The minimum absolute atomic E-state index is 0.0318. The van der Waals surface area contributed by atoms with Gasteiger partial charge < -0.3 is 10.1 Å². The van der Waals surface area contributed by atoms with Crippen LogP contribution in [0.4, 0.5) is 0 Å². The van der Waals surface area contributed by atoms with Crippen LogP contribution in [-0.4, -0.2) is 18.7 Å². The molecule has 5 rings (SSSR count). The van der Waals surface area contributed by atoms with Crippen LogP contribution in [0.3, 0.4) is 0 Å². The molecule has 0 amide bonds. The number of aryl methyl sites for hydroxylation is 1. The fourth-order valence-corrected chi connectivity index (χ4v) is 6.34. The van der Waals surface area contributed by atoms with Crippen molar-refractivity contribution in [1.82, 2.24) is 5.32 Å². The van der Waals surface area contributed by atoms with Crippen LogP contribution in [-0.2, 0) is 11.2 Å². The van der Waals surface area contributed by atoms with E-state index in [2.05, 4.69) is 65.5 Å². The van der Waals surface area contributed by atoms with E-state index in [0.29, 0.717) is 11.8 Å². The maximum atomic E-state index is 6.46. The maximum absolute atomic E-state index is 6.46. The number of piperidine rings is 1. The Morgan fingerprint density at radius 3 is 2.93 bits per heavy atom. The van der Waals surface area contributed by atoms with Gasteiger partial charge in [-0.2, -0.15) is 0 Å². The number of unbranched alkanes of at least 4 members (excludes halogenated alkanes) is 1. The standard InChI is InChI=1S/C25H29NOS/c1-3-9-21-19(7-1)17-27-25(13-15-26-16-14-25)23(21)11-5-2-8-20-18-28-24-12-6-4-10-22(20)24/h1,3-4,6-7,9-10,12,17-18,21,23,26H,2,5,8,11,13-16H2/t21?,23-/m1/s1. The SMILES string of the molecule is C1=CC2=COC3(CCNCC3)[C@H](CCCCc3csc4ccccc34)C2C=C1. The third-order valence-corrected chi connectivity index (χ3v) is 7.88. The number of rotatable bonds is 5. The number of hydrogen-bond acceptors (Lipinski definition) is 3. The fraction of sp³-hybridized carbons (Fsp3) is 0.440. The van der Waals surface area contributed by atoms with Crippen molar-refractivity contribution in [1.29, 1.82) is 0 Å². The van der Waals surface area contributed by atoms with Gasteiger partial charge in [0.2, 0.25) is 0 Å². The lowest BCUT2D eigenvalue weighted by atomic mass is 9.66. The molecule has 0 radical (unpaired) electrons. The molecule has 1 aliphatic carbocycles. The highest BCUT2D eigenvalue weighted by molar-refractivity contribution is 7.17. The van der Waals surface area contributed by atoms with E-state index in [-0.39, 0.29) is 5.60 Å². The van der Waals surface area contributed by atoms with Crippen molar-refractivity contribution in [3.8, 4) is 0 Å². The Morgan fingerprint density at radius 1 is 1.11 bits per heavy atom. The highest BCUT2D eigenvalue weighted by atomic mass is 32.1. The molecular weight excluding hydrogens is 362 g/mol. The smallest absolute Gasteiger partial charge is 0.114 e. The van der Waals surface area contributed by atoms with Crippen LogP contribution in [0.5, 0.6) is 0 Å². The topological polar surface area (TPSA) is 21.3 Å². The van der Waals surface area contributed by atoms with Crippen molar-refractivity contribution in [2.24, 2.45) is 11.8 Å². The summed E-state index contributed by atoms with van der Waals surface area (Å²) in [5.74, 6) is 1.12. The van der Waals surface area contributed by atoms with Crippen LogP contribution in [0.2, 0.25) is 0 Å². The molecule has 1 saturated heterocycles. The first-order chi connectivity index (χ1) is 13.9. The molecule has 2 aliphatic heterocycles. The van der Waals surface area contributed by atoms with Crippen molar-refractivity contribution < 1.29 is 4.74 Å². The van der Waals surface area contributed by atoms with Gasteiger partial charge in [-0.25, -0.2) is 0 Å². The zero-order chi connectivity index (χ0) is 18.8. The first kappa shape index (κ1) is 18.2. The van der Waals surface area contributed by atoms with Gasteiger partial charge in [0.1, 0.15) is 5.60 Å². The van der Waals surface area contributed by atoms with Gasteiger partial charge in [0, 0.05) is 16.5 Å². The Balaban J connectivity index is 1.27. The molecule has 1 aromatic carbocycles. The molecule has 1 spiro atoms. The van der Waals surface area contributed by atoms with E-state index in [9.17, 15) is 0 Å². The Labute approximate surface area is 172 Å². The van der Waals surface area contributed by atoms with E-state index in [1.165, 1.54) is 46.9 Å². The maximum Gasteiger partial charge on any atom is 0.114 e. The second-order valence-electron chi connectivity index (χ2n) is 8.43. The van der Waals surface area contributed by atoms with Crippen molar-refractivity contribution >= 4 is 21.4 Å². The van der Waals surface area contributed by atoms with Gasteiger partial charge in [-0.3, -0.25) is 0 Å². The number of hydrogen-bond donors (Lipinski definition) is 1. The Bertz CT molecular complexity index is 916. The summed E-state index contributed by atoms with van der Waals surface area (Å²) in [6.45, 7) is 2.15. The Morgan fingerprint density at radius 2 is 2.00 bits per heavy atom. The number of fused-ring (bicyclic) bond motifs is 2. The van der Waals surface area contributed by atoms with Crippen molar-refractivity contribution in [3.63, 3.8) is 0 Å². The van der Waals surface area contributed by atoms with E-state index in [1.807, 2.05) is 11.3 Å². The second-order valence-corrected chi connectivity index (χ2v) is 9.34. The predicted octanol–water partition coefficient (Wildman–Crippen LogP) is 6.01. The Hall–Kier alpha value is -1.84. The average molecular weight is 392 g/mol. The minimum Gasteiger partial charge on any atom is -0.494 e. The van der Waals surface area contributed by atoms with Crippen molar-refractivity contribution in [2.75, 3.05) is 13.1 Å². The van der Waals surface area contributed by atoms with Gasteiger partial charge in [-0.15, -0.1) is 11.3 Å². The molecule has 1 unspecified atom stereocenters. The number of nitrogens with one attached hydrogen (secondary N) is 1. The first-order valence-electron chi connectivity index (χ1n) is 10.7. The largest absolute Gasteiger partial charge is 0.494 e.